The Morgan fingerprint density at radius 3 is 2.15 bits per heavy atom. The molecule has 0 radical (unpaired) electrons. The SMILES string of the molecule is CCCCN(C)C(=O)C(C)(C)C(=O)N1CCCCCC1. The third-order valence-electron chi connectivity index (χ3n) is 4.16. The normalized spacial score (nSPS) is 16.7. The quantitative estimate of drug-likeness (QED) is 0.727. The maximum atomic E-state index is 12.7. The first kappa shape index (κ1) is 17.0. The number of hydrogen-bond acceptors (Lipinski definition) is 2. The molecule has 2 amide bonds. The molecule has 1 aliphatic heterocycles. The summed E-state index contributed by atoms with van der Waals surface area (Å²) in [5.74, 6) is -0.0621. The summed E-state index contributed by atoms with van der Waals surface area (Å²) in [4.78, 5) is 28.8. The van der Waals surface area contributed by atoms with E-state index in [1.165, 1.54) is 12.8 Å². The highest BCUT2D eigenvalue weighted by atomic mass is 16.2. The lowest BCUT2D eigenvalue weighted by Crippen LogP contribution is -2.50. The fraction of sp³-hybridized carbons (Fsp3) is 0.875. The van der Waals surface area contributed by atoms with Crippen molar-refractivity contribution >= 4 is 11.8 Å². The molecule has 1 aliphatic rings. The molecule has 116 valence electrons. The summed E-state index contributed by atoms with van der Waals surface area (Å²) >= 11 is 0. The molecule has 1 fully saturated rings. The maximum Gasteiger partial charge on any atom is 0.237 e. The molecule has 1 saturated heterocycles. The van der Waals surface area contributed by atoms with Crippen molar-refractivity contribution in [2.75, 3.05) is 26.7 Å². The molecule has 0 saturated carbocycles. The summed E-state index contributed by atoms with van der Waals surface area (Å²) in [7, 11) is 1.80. The summed E-state index contributed by atoms with van der Waals surface area (Å²) in [6.45, 7) is 7.97. The number of nitrogens with zero attached hydrogens (tertiary/aromatic N) is 2. The van der Waals surface area contributed by atoms with Crippen molar-refractivity contribution in [2.45, 2.75) is 59.3 Å². The van der Waals surface area contributed by atoms with Gasteiger partial charge in [-0.1, -0.05) is 26.2 Å². The van der Waals surface area contributed by atoms with Crippen LogP contribution in [0.15, 0.2) is 0 Å². The Hall–Kier alpha value is -1.06. The van der Waals surface area contributed by atoms with Crippen LogP contribution in [0.25, 0.3) is 0 Å². The van der Waals surface area contributed by atoms with E-state index in [9.17, 15) is 9.59 Å². The summed E-state index contributed by atoms with van der Waals surface area (Å²) in [5.41, 5.74) is -0.938. The number of likely N-dealkylation sites (tertiary alicyclic amines) is 1. The second kappa shape index (κ2) is 7.65. The van der Waals surface area contributed by atoms with E-state index < -0.39 is 5.41 Å². The first-order valence-electron chi connectivity index (χ1n) is 7.96. The minimum absolute atomic E-state index is 0.00671. The van der Waals surface area contributed by atoms with Crippen LogP contribution in [0, 0.1) is 5.41 Å². The first-order chi connectivity index (χ1) is 9.41. The molecule has 0 aromatic rings. The number of carbonyl (C=O) groups excluding carboxylic acids is 2. The van der Waals surface area contributed by atoms with Crippen LogP contribution in [0.3, 0.4) is 0 Å². The van der Waals surface area contributed by atoms with Gasteiger partial charge in [0.05, 0.1) is 0 Å². The van der Waals surface area contributed by atoms with Crippen molar-refractivity contribution in [1.29, 1.82) is 0 Å². The van der Waals surface area contributed by atoms with Gasteiger partial charge in [-0.3, -0.25) is 9.59 Å². The van der Waals surface area contributed by atoms with E-state index >= 15 is 0 Å². The summed E-state index contributed by atoms with van der Waals surface area (Å²) in [5, 5.41) is 0. The largest absolute Gasteiger partial charge is 0.345 e. The zero-order valence-corrected chi connectivity index (χ0v) is 13.6. The monoisotopic (exact) mass is 282 g/mol. The molecule has 20 heavy (non-hydrogen) atoms. The third-order valence-corrected chi connectivity index (χ3v) is 4.16. The molecule has 1 heterocycles. The van der Waals surface area contributed by atoms with Gasteiger partial charge in [-0.05, 0) is 33.1 Å². The third kappa shape index (κ3) is 4.22. The van der Waals surface area contributed by atoms with Gasteiger partial charge < -0.3 is 9.80 Å². The molecule has 0 atom stereocenters. The van der Waals surface area contributed by atoms with Crippen LogP contribution >= 0.6 is 0 Å². The van der Waals surface area contributed by atoms with Crippen molar-refractivity contribution in [3.8, 4) is 0 Å². The maximum absolute atomic E-state index is 12.7. The average Bonchev–Trinajstić information content (AvgIpc) is 2.71. The number of carbonyl (C=O) groups is 2. The lowest BCUT2D eigenvalue weighted by Gasteiger charge is -2.33. The van der Waals surface area contributed by atoms with E-state index in [-0.39, 0.29) is 11.8 Å². The predicted octanol–water partition coefficient (Wildman–Crippen LogP) is 2.67. The number of amides is 2. The standard InChI is InChI=1S/C16H30N2O2/c1-5-6-11-17(4)14(19)16(2,3)15(20)18-12-9-7-8-10-13-18/h5-13H2,1-4H3. The van der Waals surface area contributed by atoms with Crippen molar-refractivity contribution in [3.05, 3.63) is 0 Å². The van der Waals surface area contributed by atoms with Crippen molar-refractivity contribution in [1.82, 2.24) is 9.80 Å². The van der Waals surface area contributed by atoms with Gasteiger partial charge in [0.2, 0.25) is 11.8 Å². The predicted molar refractivity (Wildman–Crippen MR) is 81.4 cm³/mol. The Kier molecular flexibility index (Phi) is 6.50. The van der Waals surface area contributed by atoms with E-state index in [0.29, 0.717) is 0 Å². The Balaban J connectivity index is 2.69. The zero-order chi connectivity index (χ0) is 15.2. The van der Waals surface area contributed by atoms with Crippen LogP contribution < -0.4 is 0 Å². The molecular formula is C16H30N2O2. The second-order valence-electron chi connectivity index (χ2n) is 6.41. The average molecular weight is 282 g/mol. The molecule has 0 aromatic heterocycles. The molecule has 0 N–H and O–H groups in total. The molecule has 0 bridgehead atoms. The van der Waals surface area contributed by atoms with Gasteiger partial charge in [0.25, 0.3) is 0 Å². The number of unbranched alkanes of at least 4 members (excludes halogenated alkanes) is 1. The van der Waals surface area contributed by atoms with E-state index in [1.807, 2.05) is 4.90 Å². The lowest BCUT2D eigenvalue weighted by molar-refractivity contribution is -0.153. The Bertz CT molecular complexity index is 331. The Morgan fingerprint density at radius 1 is 1.10 bits per heavy atom. The van der Waals surface area contributed by atoms with Crippen LogP contribution in [-0.4, -0.2) is 48.3 Å². The zero-order valence-electron chi connectivity index (χ0n) is 13.6. The first-order valence-corrected chi connectivity index (χ1v) is 7.96. The number of rotatable bonds is 5. The van der Waals surface area contributed by atoms with Gasteiger partial charge in [0.15, 0.2) is 0 Å². The molecule has 4 heteroatoms. The highest BCUT2D eigenvalue weighted by molar-refractivity contribution is 6.04. The molecule has 0 aliphatic carbocycles. The van der Waals surface area contributed by atoms with Crippen LogP contribution in [0.2, 0.25) is 0 Å². The van der Waals surface area contributed by atoms with Crippen molar-refractivity contribution in [2.24, 2.45) is 5.41 Å². The molecule has 0 spiro atoms. The smallest absolute Gasteiger partial charge is 0.237 e. The molecular weight excluding hydrogens is 252 g/mol. The Labute approximate surface area is 123 Å². The fourth-order valence-corrected chi connectivity index (χ4v) is 2.73. The molecule has 4 nitrogen and oxygen atoms in total. The van der Waals surface area contributed by atoms with Crippen LogP contribution in [0.1, 0.15) is 59.3 Å². The second-order valence-corrected chi connectivity index (χ2v) is 6.41. The molecule has 1 rings (SSSR count). The van der Waals surface area contributed by atoms with E-state index in [4.69, 9.17) is 0 Å². The van der Waals surface area contributed by atoms with E-state index in [2.05, 4.69) is 6.92 Å². The Morgan fingerprint density at radius 2 is 1.65 bits per heavy atom. The lowest BCUT2D eigenvalue weighted by atomic mass is 9.89. The van der Waals surface area contributed by atoms with Crippen molar-refractivity contribution in [3.63, 3.8) is 0 Å². The van der Waals surface area contributed by atoms with Crippen LogP contribution in [0.5, 0.6) is 0 Å². The van der Waals surface area contributed by atoms with Crippen molar-refractivity contribution < 1.29 is 9.59 Å². The summed E-state index contributed by atoms with van der Waals surface area (Å²) in [6.07, 6.45) is 6.53. The summed E-state index contributed by atoms with van der Waals surface area (Å²) < 4.78 is 0. The van der Waals surface area contributed by atoms with Crippen LogP contribution in [-0.2, 0) is 9.59 Å². The van der Waals surface area contributed by atoms with Gasteiger partial charge in [0, 0.05) is 26.7 Å². The number of hydrogen-bond donors (Lipinski definition) is 0. The van der Waals surface area contributed by atoms with E-state index in [1.54, 1.807) is 25.8 Å². The van der Waals surface area contributed by atoms with Gasteiger partial charge in [-0.2, -0.15) is 0 Å². The minimum Gasteiger partial charge on any atom is -0.345 e. The van der Waals surface area contributed by atoms with Crippen LogP contribution in [0.4, 0.5) is 0 Å². The molecule has 0 aromatic carbocycles. The highest BCUT2D eigenvalue weighted by Gasteiger charge is 2.40. The minimum atomic E-state index is -0.938. The fourth-order valence-electron chi connectivity index (χ4n) is 2.73. The summed E-state index contributed by atoms with van der Waals surface area (Å²) in [6, 6.07) is 0. The van der Waals surface area contributed by atoms with Gasteiger partial charge >= 0.3 is 0 Å². The van der Waals surface area contributed by atoms with E-state index in [0.717, 1.165) is 45.3 Å². The molecule has 0 unspecified atom stereocenters. The van der Waals surface area contributed by atoms with Gasteiger partial charge in [0.1, 0.15) is 5.41 Å². The van der Waals surface area contributed by atoms with Gasteiger partial charge in [-0.25, -0.2) is 0 Å². The van der Waals surface area contributed by atoms with Gasteiger partial charge in [-0.15, -0.1) is 0 Å². The topological polar surface area (TPSA) is 40.6 Å². The highest BCUT2D eigenvalue weighted by Crippen LogP contribution is 2.24.